The maximum atomic E-state index is 13.3. The maximum Gasteiger partial charge on any atom is 0.256 e. The lowest BCUT2D eigenvalue weighted by atomic mass is 9.99. The van der Waals surface area contributed by atoms with Crippen LogP contribution in [0.3, 0.4) is 0 Å². The van der Waals surface area contributed by atoms with Crippen molar-refractivity contribution in [2.45, 2.75) is 12.8 Å². The molecule has 0 atom stereocenters. The van der Waals surface area contributed by atoms with Crippen molar-refractivity contribution in [3.63, 3.8) is 0 Å². The van der Waals surface area contributed by atoms with Crippen LogP contribution in [0, 0.1) is 5.82 Å². The number of pyridine rings is 1. The summed E-state index contributed by atoms with van der Waals surface area (Å²) >= 11 is 0. The lowest BCUT2D eigenvalue weighted by Gasteiger charge is -2.17. The van der Waals surface area contributed by atoms with E-state index in [2.05, 4.69) is 10.3 Å². The first kappa shape index (κ1) is 21.5. The first-order chi connectivity index (χ1) is 16.6. The van der Waals surface area contributed by atoms with Crippen LogP contribution in [0.15, 0.2) is 91.1 Å². The molecule has 0 saturated heterocycles. The van der Waals surface area contributed by atoms with Gasteiger partial charge in [-0.25, -0.2) is 4.39 Å². The molecule has 0 saturated carbocycles. The summed E-state index contributed by atoms with van der Waals surface area (Å²) in [6.45, 7) is 0.603. The predicted molar refractivity (Wildman–Crippen MR) is 130 cm³/mol. The van der Waals surface area contributed by atoms with Gasteiger partial charge in [-0.1, -0.05) is 36.4 Å². The van der Waals surface area contributed by atoms with Crippen LogP contribution >= 0.6 is 0 Å². The Morgan fingerprint density at radius 2 is 1.74 bits per heavy atom. The molecule has 0 fully saturated rings. The Labute approximate surface area is 196 Å². The first-order valence-corrected chi connectivity index (χ1v) is 11.1. The Morgan fingerprint density at radius 3 is 2.53 bits per heavy atom. The molecule has 1 aromatic heterocycles. The summed E-state index contributed by atoms with van der Waals surface area (Å²) in [6, 6.07) is 24.5. The topological polar surface area (TPSA) is 62.3 Å². The molecule has 34 heavy (non-hydrogen) atoms. The molecule has 168 valence electrons. The van der Waals surface area contributed by atoms with Crippen LogP contribution in [0.5, 0.6) is 0 Å². The number of hydrogen-bond acceptors (Lipinski definition) is 3. The fourth-order valence-electron chi connectivity index (χ4n) is 4.25. The molecule has 2 amide bonds. The molecule has 2 heterocycles. The molecule has 0 spiro atoms. The Kier molecular flexibility index (Phi) is 5.87. The molecule has 0 unspecified atom stereocenters. The number of rotatable bonds is 5. The first-order valence-electron chi connectivity index (χ1n) is 11.1. The van der Waals surface area contributed by atoms with Gasteiger partial charge in [0, 0.05) is 35.4 Å². The van der Waals surface area contributed by atoms with Crippen LogP contribution in [0.2, 0.25) is 0 Å². The predicted octanol–water partition coefficient (Wildman–Crippen LogP) is 5.27. The van der Waals surface area contributed by atoms with Gasteiger partial charge in [-0.15, -0.1) is 0 Å². The van der Waals surface area contributed by atoms with Gasteiger partial charge in [0.05, 0.1) is 6.42 Å². The summed E-state index contributed by atoms with van der Waals surface area (Å²) < 4.78 is 13.3. The molecule has 5 nitrogen and oxygen atoms in total. The second-order valence-corrected chi connectivity index (χ2v) is 8.14. The van der Waals surface area contributed by atoms with Crippen LogP contribution in [-0.4, -0.2) is 23.3 Å². The number of carbonyl (C=O) groups excluding carboxylic acids is 2. The second kappa shape index (κ2) is 9.27. The minimum Gasteiger partial charge on any atom is -0.322 e. The van der Waals surface area contributed by atoms with Crippen LogP contribution in [0.1, 0.15) is 21.6 Å². The Hall–Kier alpha value is -4.32. The maximum absolute atomic E-state index is 13.3. The number of hydrogen-bond donors (Lipinski definition) is 1. The van der Waals surface area contributed by atoms with Gasteiger partial charge in [-0.05, 0) is 71.6 Å². The number of nitrogens with zero attached hydrogens (tertiary/aromatic N) is 2. The van der Waals surface area contributed by atoms with Gasteiger partial charge < -0.3 is 10.2 Å². The zero-order valence-corrected chi connectivity index (χ0v) is 18.4. The van der Waals surface area contributed by atoms with E-state index in [1.807, 2.05) is 48.5 Å². The van der Waals surface area contributed by atoms with E-state index < -0.39 is 0 Å². The van der Waals surface area contributed by atoms with Crippen molar-refractivity contribution in [2.24, 2.45) is 0 Å². The van der Waals surface area contributed by atoms with E-state index >= 15 is 0 Å². The minimum absolute atomic E-state index is 0.00228. The van der Waals surface area contributed by atoms with Gasteiger partial charge in [0.2, 0.25) is 5.91 Å². The summed E-state index contributed by atoms with van der Waals surface area (Å²) in [5.41, 5.74) is 5.28. The number of aromatic nitrogens is 1. The molecule has 5 rings (SSSR count). The molecule has 1 N–H and O–H groups in total. The SMILES string of the molecule is O=C(Nc1ccc2c(c1)CCN2C(=O)Cc1ccccn1)c1ccccc1-c1ccc(F)cc1. The third-order valence-corrected chi connectivity index (χ3v) is 5.92. The molecule has 0 aliphatic carbocycles. The van der Waals surface area contributed by atoms with Crippen molar-refractivity contribution in [3.8, 4) is 11.1 Å². The number of amides is 2. The summed E-state index contributed by atoms with van der Waals surface area (Å²) in [6.07, 6.45) is 2.65. The Morgan fingerprint density at radius 1 is 0.941 bits per heavy atom. The number of halogens is 1. The standard InChI is InChI=1S/C28H22FN3O2/c29-21-10-8-19(9-11-21)24-6-1-2-7-25(24)28(34)31-23-12-13-26-20(17-23)14-16-32(26)27(33)18-22-5-3-4-15-30-22/h1-13,15,17H,14,16,18H2,(H,31,34). The molecule has 0 radical (unpaired) electrons. The molecule has 0 bridgehead atoms. The van der Waals surface area contributed by atoms with E-state index in [0.29, 0.717) is 17.8 Å². The number of fused-ring (bicyclic) bond motifs is 1. The third-order valence-electron chi connectivity index (χ3n) is 5.92. The summed E-state index contributed by atoms with van der Waals surface area (Å²) in [5.74, 6) is -0.570. The van der Waals surface area contributed by atoms with E-state index in [4.69, 9.17) is 0 Å². The van der Waals surface area contributed by atoms with Crippen LogP contribution in [0.4, 0.5) is 15.8 Å². The zero-order valence-electron chi connectivity index (χ0n) is 18.4. The van der Waals surface area contributed by atoms with Crippen molar-refractivity contribution in [1.29, 1.82) is 0 Å². The highest BCUT2D eigenvalue weighted by atomic mass is 19.1. The highest BCUT2D eigenvalue weighted by molar-refractivity contribution is 6.09. The average Bonchev–Trinajstić information content (AvgIpc) is 3.29. The number of nitrogens with one attached hydrogen (secondary N) is 1. The molecule has 1 aliphatic heterocycles. The van der Waals surface area contributed by atoms with E-state index in [-0.39, 0.29) is 24.1 Å². The summed E-state index contributed by atoms with van der Waals surface area (Å²) in [5, 5.41) is 2.97. The van der Waals surface area contributed by atoms with E-state index in [1.165, 1.54) is 12.1 Å². The fraction of sp³-hybridized carbons (Fsp3) is 0.107. The van der Waals surface area contributed by atoms with E-state index in [9.17, 15) is 14.0 Å². The van der Waals surface area contributed by atoms with Crippen molar-refractivity contribution in [2.75, 3.05) is 16.8 Å². The molecular formula is C28H22FN3O2. The lowest BCUT2D eigenvalue weighted by Crippen LogP contribution is -2.30. The van der Waals surface area contributed by atoms with Gasteiger partial charge >= 0.3 is 0 Å². The molecule has 3 aromatic carbocycles. The molecule has 4 aromatic rings. The largest absolute Gasteiger partial charge is 0.322 e. The fourth-order valence-corrected chi connectivity index (χ4v) is 4.25. The Balaban J connectivity index is 1.33. The lowest BCUT2D eigenvalue weighted by molar-refractivity contribution is -0.117. The van der Waals surface area contributed by atoms with Crippen LogP contribution in [-0.2, 0) is 17.6 Å². The van der Waals surface area contributed by atoms with Crippen molar-refractivity contribution in [1.82, 2.24) is 4.98 Å². The number of carbonyl (C=O) groups is 2. The van der Waals surface area contributed by atoms with E-state index in [1.54, 1.807) is 35.4 Å². The number of benzene rings is 3. The van der Waals surface area contributed by atoms with Crippen LogP contribution in [0.25, 0.3) is 11.1 Å². The quantitative estimate of drug-likeness (QED) is 0.450. The normalized spacial score (nSPS) is 12.3. The van der Waals surface area contributed by atoms with Crippen molar-refractivity contribution >= 4 is 23.2 Å². The molecule has 1 aliphatic rings. The third kappa shape index (κ3) is 4.43. The second-order valence-electron chi connectivity index (χ2n) is 8.14. The molecular weight excluding hydrogens is 429 g/mol. The highest BCUT2D eigenvalue weighted by Crippen LogP contribution is 2.32. The monoisotopic (exact) mass is 451 g/mol. The van der Waals surface area contributed by atoms with Crippen molar-refractivity contribution < 1.29 is 14.0 Å². The zero-order chi connectivity index (χ0) is 23.5. The Bertz CT molecular complexity index is 1350. The van der Waals surface area contributed by atoms with Gasteiger partial charge in [0.25, 0.3) is 5.91 Å². The van der Waals surface area contributed by atoms with Gasteiger partial charge in [0.1, 0.15) is 5.82 Å². The smallest absolute Gasteiger partial charge is 0.256 e. The average molecular weight is 452 g/mol. The van der Waals surface area contributed by atoms with E-state index in [0.717, 1.165) is 34.5 Å². The summed E-state index contributed by atoms with van der Waals surface area (Å²) in [7, 11) is 0. The van der Waals surface area contributed by atoms with Crippen molar-refractivity contribution in [3.05, 3.63) is 114 Å². The van der Waals surface area contributed by atoms with Gasteiger partial charge in [0.15, 0.2) is 0 Å². The highest BCUT2D eigenvalue weighted by Gasteiger charge is 2.25. The minimum atomic E-state index is -0.323. The summed E-state index contributed by atoms with van der Waals surface area (Å²) in [4.78, 5) is 31.9. The van der Waals surface area contributed by atoms with Gasteiger partial charge in [-0.2, -0.15) is 0 Å². The number of anilines is 2. The van der Waals surface area contributed by atoms with Gasteiger partial charge in [-0.3, -0.25) is 14.6 Å². The molecule has 6 heteroatoms. The van der Waals surface area contributed by atoms with Crippen LogP contribution < -0.4 is 10.2 Å².